The number of fused-ring (bicyclic) bond motifs is 2. The fourth-order valence-corrected chi connectivity index (χ4v) is 4.14. The molecule has 1 aliphatic heterocycles. The van der Waals surface area contributed by atoms with Crippen molar-refractivity contribution in [3.63, 3.8) is 0 Å². The molecule has 0 fully saturated rings. The lowest BCUT2D eigenvalue weighted by atomic mass is 10.1. The third kappa shape index (κ3) is 4.28. The van der Waals surface area contributed by atoms with Gasteiger partial charge in [0.15, 0.2) is 10.9 Å². The Balaban J connectivity index is 1.70. The molecule has 1 aromatic heterocycles. The molecule has 0 saturated heterocycles. The van der Waals surface area contributed by atoms with Crippen molar-refractivity contribution in [3.05, 3.63) is 63.2 Å². The fraction of sp³-hybridized carbons (Fsp3) is 0.333. The van der Waals surface area contributed by atoms with Gasteiger partial charge < -0.3 is 19.9 Å². The minimum atomic E-state index is -0.831. The number of aromatic nitrogens is 2. The molecule has 2 aromatic carbocycles. The Kier molecular flexibility index (Phi) is 6.33. The topological polar surface area (TPSA) is 96.4 Å². The van der Waals surface area contributed by atoms with E-state index in [0.717, 1.165) is 12.8 Å². The van der Waals surface area contributed by atoms with E-state index in [2.05, 4.69) is 10.3 Å². The Labute approximate surface area is 196 Å². The van der Waals surface area contributed by atoms with Crippen molar-refractivity contribution in [2.24, 2.45) is 7.05 Å². The number of amides is 2. The maximum atomic E-state index is 13.6. The second-order valence-electron chi connectivity index (χ2n) is 8.07. The van der Waals surface area contributed by atoms with E-state index in [9.17, 15) is 14.4 Å². The molecule has 172 valence electrons. The van der Waals surface area contributed by atoms with Gasteiger partial charge in [-0.15, -0.1) is 0 Å². The number of rotatable bonds is 5. The number of carbonyl (C=O) groups is 2. The molecule has 4 rings (SSSR count). The number of hydrogen-bond acceptors (Lipinski definition) is 5. The molecule has 0 aliphatic carbocycles. The van der Waals surface area contributed by atoms with E-state index < -0.39 is 6.10 Å². The van der Waals surface area contributed by atoms with Crippen molar-refractivity contribution in [2.75, 3.05) is 11.4 Å². The lowest BCUT2D eigenvalue weighted by molar-refractivity contribution is -0.128. The first kappa shape index (κ1) is 22.7. The van der Waals surface area contributed by atoms with Gasteiger partial charge in [-0.2, -0.15) is 0 Å². The van der Waals surface area contributed by atoms with Crippen LogP contribution in [0.5, 0.6) is 5.75 Å². The molecule has 2 N–H and O–H groups in total. The Morgan fingerprint density at radius 1 is 1.21 bits per heavy atom. The summed E-state index contributed by atoms with van der Waals surface area (Å²) < 4.78 is 7.56. The lowest BCUT2D eigenvalue weighted by Gasteiger charge is -2.34. The van der Waals surface area contributed by atoms with Crippen molar-refractivity contribution in [3.8, 4) is 5.75 Å². The normalized spacial score (nSPS) is 15.3. The number of para-hydroxylation sites is 2. The first-order valence-electron chi connectivity index (χ1n) is 10.9. The van der Waals surface area contributed by atoms with E-state index >= 15 is 0 Å². The molecular weight excluding hydrogens is 440 g/mol. The summed E-state index contributed by atoms with van der Waals surface area (Å²) in [5.41, 5.74) is 1.21. The zero-order valence-corrected chi connectivity index (χ0v) is 19.6. The van der Waals surface area contributed by atoms with Crippen LogP contribution in [0.2, 0.25) is 0 Å². The molecule has 0 saturated carbocycles. The highest BCUT2D eigenvalue weighted by atomic mass is 32.1. The van der Waals surface area contributed by atoms with E-state index in [4.69, 9.17) is 17.0 Å². The number of anilines is 1. The van der Waals surface area contributed by atoms with Crippen molar-refractivity contribution >= 4 is 40.6 Å². The number of nitrogens with zero attached hydrogens (tertiary/aromatic N) is 2. The van der Waals surface area contributed by atoms with E-state index in [1.807, 2.05) is 19.9 Å². The quantitative estimate of drug-likeness (QED) is 0.563. The molecule has 0 spiro atoms. The lowest BCUT2D eigenvalue weighted by Crippen LogP contribution is -2.52. The zero-order valence-electron chi connectivity index (χ0n) is 18.8. The van der Waals surface area contributed by atoms with Gasteiger partial charge in [-0.3, -0.25) is 19.0 Å². The van der Waals surface area contributed by atoms with Gasteiger partial charge in [0.05, 0.1) is 23.1 Å². The van der Waals surface area contributed by atoms with E-state index in [-0.39, 0.29) is 34.7 Å². The van der Waals surface area contributed by atoms with Crippen molar-refractivity contribution in [2.45, 2.75) is 38.8 Å². The van der Waals surface area contributed by atoms with Crippen molar-refractivity contribution in [1.82, 2.24) is 14.9 Å². The van der Waals surface area contributed by atoms with Crippen LogP contribution in [0.4, 0.5) is 5.69 Å². The second kappa shape index (κ2) is 9.19. The number of aromatic amines is 1. The van der Waals surface area contributed by atoms with Crippen LogP contribution in [0.15, 0.2) is 47.3 Å². The van der Waals surface area contributed by atoms with Crippen LogP contribution in [-0.4, -0.2) is 40.1 Å². The standard InChI is InChI=1S/C24H26N4O4S/c1-4-15(5-2)25-21(29)20-13-28(18-8-6-7-9-19(18)32-20)22(30)14-10-11-16-17(12-14)26-24(33)27(3)23(16)31/h6-12,15,20H,4-5,13H2,1-3H3,(H,25,29)(H,26,33). The van der Waals surface area contributed by atoms with Gasteiger partial charge in [-0.25, -0.2) is 0 Å². The van der Waals surface area contributed by atoms with Crippen LogP contribution in [0.1, 0.15) is 37.0 Å². The van der Waals surface area contributed by atoms with Gasteiger partial charge >= 0.3 is 0 Å². The van der Waals surface area contributed by atoms with Crippen LogP contribution >= 0.6 is 12.2 Å². The molecule has 2 heterocycles. The largest absolute Gasteiger partial charge is 0.477 e. The smallest absolute Gasteiger partial charge is 0.263 e. The number of hydrogen-bond donors (Lipinski definition) is 2. The number of ether oxygens (including phenoxy) is 1. The van der Waals surface area contributed by atoms with Gasteiger partial charge in [0, 0.05) is 18.7 Å². The first-order chi connectivity index (χ1) is 15.8. The highest BCUT2D eigenvalue weighted by Crippen LogP contribution is 2.34. The molecule has 8 nitrogen and oxygen atoms in total. The van der Waals surface area contributed by atoms with Crippen molar-refractivity contribution in [1.29, 1.82) is 0 Å². The molecular formula is C24H26N4O4S. The summed E-state index contributed by atoms with van der Waals surface area (Å²) in [5, 5.41) is 3.44. The Hall–Kier alpha value is -3.46. The third-order valence-corrected chi connectivity index (χ3v) is 6.37. The minimum absolute atomic E-state index is 0.0497. The SMILES string of the molecule is CCC(CC)NC(=O)C1CN(C(=O)c2ccc3c(=O)n(C)c(=S)[nH]c3c2)c2ccccc2O1. The van der Waals surface area contributed by atoms with Gasteiger partial charge in [0.25, 0.3) is 17.4 Å². The van der Waals surface area contributed by atoms with Crippen LogP contribution < -0.4 is 20.5 Å². The molecule has 1 atom stereocenters. The van der Waals surface area contributed by atoms with Gasteiger partial charge in [0.2, 0.25) is 0 Å². The van der Waals surface area contributed by atoms with Crippen LogP contribution in [0.3, 0.4) is 0 Å². The van der Waals surface area contributed by atoms with Gasteiger partial charge in [0.1, 0.15) is 5.75 Å². The predicted octanol–water partition coefficient (Wildman–Crippen LogP) is 3.31. The number of nitrogens with one attached hydrogen (secondary N) is 2. The Morgan fingerprint density at radius 3 is 2.67 bits per heavy atom. The van der Waals surface area contributed by atoms with Crippen LogP contribution in [0.25, 0.3) is 10.9 Å². The van der Waals surface area contributed by atoms with Gasteiger partial charge in [-0.1, -0.05) is 26.0 Å². The Morgan fingerprint density at radius 2 is 1.94 bits per heavy atom. The third-order valence-electron chi connectivity index (χ3n) is 5.99. The Bertz CT molecular complexity index is 1340. The minimum Gasteiger partial charge on any atom is -0.477 e. The molecule has 0 bridgehead atoms. The first-order valence-corrected chi connectivity index (χ1v) is 11.4. The van der Waals surface area contributed by atoms with E-state index in [0.29, 0.717) is 27.9 Å². The maximum Gasteiger partial charge on any atom is 0.263 e. The number of benzene rings is 2. The summed E-state index contributed by atoms with van der Waals surface area (Å²) >= 11 is 5.20. The molecule has 1 aliphatic rings. The highest BCUT2D eigenvalue weighted by Gasteiger charge is 2.34. The van der Waals surface area contributed by atoms with E-state index in [1.54, 1.807) is 48.3 Å². The van der Waals surface area contributed by atoms with E-state index in [1.165, 1.54) is 4.57 Å². The fourth-order valence-electron chi connectivity index (χ4n) is 3.95. The molecule has 1 unspecified atom stereocenters. The average Bonchev–Trinajstić information content (AvgIpc) is 2.84. The average molecular weight is 467 g/mol. The summed E-state index contributed by atoms with van der Waals surface area (Å²) in [6.07, 6.45) is 0.793. The highest BCUT2D eigenvalue weighted by molar-refractivity contribution is 7.71. The van der Waals surface area contributed by atoms with Crippen molar-refractivity contribution < 1.29 is 14.3 Å². The summed E-state index contributed by atoms with van der Waals surface area (Å²) in [6, 6.07) is 12.0. The number of H-pyrrole nitrogens is 1. The molecule has 3 aromatic rings. The predicted molar refractivity (Wildman–Crippen MR) is 129 cm³/mol. The second-order valence-corrected chi connectivity index (χ2v) is 8.45. The summed E-state index contributed by atoms with van der Waals surface area (Å²) in [4.78, 5) is 43.5. The van der Waals surface area contributed by atoms with Crippen LogP contribution in [0, 0.1) is 4.77 Å². The van der Waals surface area contributed by atoms with Gasteiger partial charge in [-0.05, 0) is 55.4 Å². The number of carbonyl (C=O) groups excluding carboxylic acids is 2. The maximum absolute atomic E-state index is 13.6. The molecule has 0 radical (unpaired) electrons. The monoisotopic (exact) mass is 466 g/mol. The summed E-state index contributed by atoms with van der Waals surface area (Å²) in [6.45, 7) is 4.10. The molecule has 9 heteroatoms. The van der Waals surface area contributed by atoms with Crippen LogP contribution in [-0.2, 0) is 11.8 Å². The molecule has 33 heavy (non-hydrogen) atoms. The zero-order chi connectivity index (χ0) is 23.7. The molecule has 2 amide bonds. The summed E-state index contributed by atoms with van der Waals surface area (Å²) in [7, 11) is 1.59. The summed E-state index contributed by atoms with van der Waals surface area (Å²) in [5.74, 6) is -0.0778.